The van der Waals surface area contributed by atoms with Gasteiger partial charge in [0, 0.05) is 5.92 Å². The molecule has 0 saturated heterocycles. The van der Waals surface area contributed by atoms with Crippen LogP contribution < -0.4 is 0 Å². The fourth-order valence-corrected chi connectivity index (χ4v) is 1.52. The topological polar surface area (TPSA) is 29.5 Å². The molecule has 0 saturated carbocycles. The monoisotopic (exact) mass is 230 g/mol. The van der Waals surface area contributed by atoms with E-state index in [1.54, 1.807) is 0 Å². The van der Waals surface area contributed by atoms with Gasteiger partial charge in [-0.05, 0) is 32.1 Å². The third-order valence-corrected chi connectivity index (χ3v) is 4.18. The average Bonchev–Trinajstić information content (AvgIpc) is 2.23. The summed E-state index contributed by atoms with van der Waals surface area (Å²) in [6.07, 6.45) is 1.03. The van der Waals surface area contributed by atoms with Crippen LogP contribution >= 0.6 is 0 Å². The van der Waals surface area contributed by atoms with E-state index in [9.17, 15) is 5.11 Å². The van der Waals surface area contributed by atoms with Crippen LogP contribution in [0.3, 0.4) is 0 Å². The summed E-state index contributed by atoms with van der Waals surface area (Å²) in [6.45, 7) is 15.4. The quantitative estimate of drug-likeness (QED) is 0.725. The van der Waals surface area contributed by atoms with Gasteiger partial charge in [0.05, 0.1) is 18.3 Å². The van der Waals surface area contributed by atoms with E-state index in [-0.39, 0.29) is 12.0 Å². The minimum atomic E-state index is -0.610. The first-order valence-corrected chi connectivity index (χ1v) is 6.56. The van der Waals surface area contributed by atoms with Gasteiger partial charge in [-0.25, -0.2) is 0 Å². The molecule has 0 aliphatic heterocycles. The van der Waals surface area contributed by atoms with E-state index < -0.39 is 5.60 Å². The van der Waals surface area contributed by atoms with Crippen molar-refractivity contribution >= 4 is 0 Å². The summed E-state index contributed by atoms with van der Waals surface area (Å²) in [5.74, 6) is 1.37. The zero-order chi connectivity index (χ0) is 12.9. The Morgan fingerprint density at radius 3 is 2.00 bits per heavy atom. The predicted octanol–water partition coefficient (Wildman–Crippen LogP) is 3.48. The van der Waals surface area contributed by atoms with Crippen molar-refractivity contribution in [1.82, 2.24) is 0 Å². The second-order valence-corrected chi connectivity index (χ2v) is 5.75. The maximum Gasteiger partial charge on any atom is 0.0664 e. The molecule has 4 atom stereocenters. The lowest BCUT2D eigenvalue weighted by atomic mass is 9.88. The second kappa shape index (κ2) is 6.61. The zero-order valence-corrected chi connectivity index (χ0v) is 12.1. The minimum Gasteiger partial charge on any atom is -0.390 e. The molecule has 16 heavy (non-hydrogen) atoms. The fourth-order valence-electron chi connectivity index (χ4n) is 1.52. The van der Waals surface area contributed by atoms with Crippen LogP contribution in [0.5, 0.6) is 0 Å². The van der Waals surface area contributed by atoms with Gasteiger partial charge in [0.25, 0.3) is 0 Å². The Kier molecular flexibility index (Phi) is 6.57. The van der Waals surface area contributed by atoms with Gasteiger partial charge < -0.3 is 9.84 Å². The molecular weight excluding hydrogens is 200 g/mol. The third kappa shape index (κ3) is 4.84. The highest BCUT2D eigenvalue weighted by atomic mass is 16.5. The molecule has 0 aromatic carbocycles. The van der Waals surface area contributed by atoms with Crippen LogP contribution in [0, 0.1) is 17.8 Å². The molecule has 2 nitrogen and oxygen atoms in total. The summed E-state index contributed by atoms with van der Waals surface area (Å²) in [7, 11) is 0. The molecule has 0 heterocycles. The lowest BCUT2D eigenvalue weighted by Crippen LogP contribution is -2.36. The molecule has 0 radical (unpaired) electrons. The molecule has 0 rings (SSSR count). The normalized spacial score (nSPS) is 21.6. The van der Waals surface area contributed by atoms with Gasteiger partial charge in [-0.15, -0.1) is 0 Å². The SMILES string of the molecule is CCC(C)(O)C(C)COC(C)C(C)C(C)C. The van der Waals surface area contributed by atoms with Crippen molar-refractivity contribution in [3.63, 3.8) is 0 Å². The van der Waals surface area contributed by atoms with Crippen LogP contribution in [0.4, 0.5) is 0 Å². The lowest BCUT2D eigenvalue weighted by molar-refractivity contribution is -0.0661. The molecule has 0 spiro atoms. The summed E-state index contributed by atoms with van der Waals surface area (Å²) >= 11 is 0. The Hall–Kier alpha value is -0.0800. The molecule has 1 N–H and O–H groups in total. The van der Waals surface area contributed by atoms with Crippen LogP contribution in [-0.4, -0.2) is 23.4 Å². The van der Waals surface area contributed by atoms with Gasteiger partial charge in [0.1, 0.15) is 0 Å². The highest BCUT2D eigenvalue weighted by molar-refractivity contribution is 4.77. The van der Waals surface area contributed by atoms with Gasteiger partial charge in [-0.3, -0.25) is 0 Å². The van der Waals surface area contributed by atoms with E-state index in [2.05, 4.69) is 34.6 Å². The summed E-state index contributed by atoms with van der Waals surface area (Å²) < 4.78 is 5.86. The Balaban J connectivity index is 4.06. The zero-order valence-electron chi connectivity index (χ0n) is 12.1. The molecular formula is C14H30O2. The van der Waals surface area contributed by atoms with Gasteiger partial charge in [0.2, 0.25) is 0 Å². The number of rotatable bonds is 7. The predicted molar refractivity (Wildman–Crippen MR) is 69.5 cm³/mol. The van der Waals surface area contributed by atoms with Crippen LogP contribution in [0.25, 0.3) is 0 Å². The van der Waals surface area contributed by atoms with Crippen LogP contribution in [-0.2, 0) is 4.74 Å². The largest absolute Gasteiger partial charge is 0.390 e. The van der Waals surface area contributed by atoms with Crippen molar-refractivity contribution in [2.75, 3.05) is 6.61 Å². The molecule has 0 aromatic rings. The standard InChI is InChI=1S/C14H30O2/c1-8-14(7,15)11(4)9-16-13(6)12(5)10(2)3/h10-13,15H,8-9H2,1-7H3. The van der Waals surface area contributed by atoms with Crippen LogP contribution in [0.2, 0.25) is 0 Å². The van der Waals surface area contributed by atoms with E-state index >= 15 is 0 Å². The molecule has 98 valence electrons. The average molecular weight is 230 g/mol. The first-order chi connectivity index (χ1) is 7.22. The van der Waals surface area contributed by atoms with Gasteiger partial charge in [-0.1, -0.05) is 34.6 Å². The Morgan fingerprint density at radius 1 is 1.12 bits per heavy atom. The summed E-state index contributed by atoms with van der Waals surface area (Å²) in [6, 6.07) is 0. The van der Waals surface area contributed by atoms with E-state index in [1.165, 1.54) is 0 Å². The highest BCUT2D eigenvalue weighted by Crippen LogP contribution is 2.23. The van der Waals surface area contributed by atoms with E-state index in [0.717, 1.165) is 6.42 Å². The van der Waals surface area contributed by atoms with Crippen molar-refractivity contribution in [3.05, 3.63) is 0 Å². The van der Waals surface area contributed by atoms with Crippen LogP contribution in [0.1, 0.15) is 54.9 Å². The molecule has 0 amide bonds. The smallest absolute Gasteiger partial charge is 0.0664 e. The Bertz CT molecular complexity index is 187. The second-order valence-electron chi connectivity index (χ2n) is 5.75. The highest BCUT2D eigenvalue weighted by Gasteiger charge is 2.27. The number of hydrogen-bond acceptors (Lipinski definition) is 2. The maximum atomic E-state index is 10.1. The van der Waals surface area contributed by atoms with Crippen molar-refractivity contribution in [2.45, 2.75) is 66.6 Å². The van der Waals surface area contributed by atoms with Gasteiger partial charge in [-0.2, -0.15) is 0 Å². The number of hydrogen-bond donors (Lipinski definition) is 1. The number of ether oxygens (including phenoxy) is 1. The molecule has 0 bridgehead atoms. The lowest BCUT2D eigenvalue weighted by Gasteiger charge is -2.31. The molecule has 0 aliphatic carbocycles. The number of aliphatic hydroxyl groups is 1. The minimum absolute atomic E-state index is 0.180. The van der Waals surface area contributed by atoms with E-state index in [1.807, 2.05) is 13.8 Å². The molecule has 0 aromatic heterocycles. The molecule has 0 fully saturated rings. The first kappa shape index (κ1) is 15.9. The first-order valence-electron chi connectivity index (χ1n) is 6.56. The maximum absolute atomic E-state index is 10.1. The summed E-state index contributed by atoms with van der Waals surface area (Å²) in [5, 5.41) is 10.1. The van der Waals surface area contributed by atoms with E-state index in [0.29, 0.717) is 18.4 Å². The Morgan fingerprint density at radius 2 is 1.62 bits per heavy atom. The van der Waals surface area contributed by atoms with Gasteiger partial charge in [0.15, 0.2) is 0 Å². The summed E-state index contributed by atoms with van der Waals surface area (Å²) in [4.78, 5) is 0. The van der Waals surface area contributed by atoms with Crippen molar-refractivity contribution in [2.24, 2.45) is 17.8 Å². The third-order valence-electron chi connectivity index (χ3n) is 4.18. The molecule has 2 heteroatoms. The van der Waals surface area contributed by atoms with Crippen molar-refractivity contribution < 1.29 is 9.84 Å². The molecule has 4 unspecified atom stereocenters. The Labute approximate surface area is 101 Å². The van der Waals surface area contributed by atoms with Crippen molar-refractivity contribution in [1.29, 1.82) is 0 Å². The van der Waals surface area contributed by atoms with Crippen LogP contribution in [0.15, 0.2) is 0 Å². The molecule has 0 aliphatic rings. The van der Waals surface area contributed by atoms with E-state index in [4.69, 9.17) is 4.74 Å². The van der Waals surface area contributed by atoms with Gasteiger partial charge >= 0.3 is 0 Å². The fraction of sp³-hybridized carbons (Fsp3) is 1.00. The van der Waals surface area contributed by atoms with Crippen molar-refractivity contribution in [3.8, 4) is 0 Å². The summed E-state index contributed by atoms with van der Waals surface area (Å²) in [5.41, 5.74) is -0.610.